The molecule has 4 heteroatoms. The molecule has 0 radical (unpaired) electrons. The Labute approximate surface area is 99.3 Å². The second-order valence-electron chi connectivity index (χ2n) is 4.30. The van der Waals surface area contributed by atoms with Gasteiger partial charge in [-0.2, -0.15) is 5.10 Å². The normalized spacial score (nSPS) is 14.3. The number of hydrogen-bond acceptors (Lipinski definition) is 2. The second-order valence-corrected chi connectivity index (χ2v) is 4.30. The Morgan fingerprint density at radius 1 is 1.29 bits per heavy atom. The minimum atomic E-state index is 0.0628. The Morgan fingerprint density at radius 3 is 2.82 bits per heavy atom. The fourth-order valence-electron chi connectivity index (χ4n) is 1.97. The highest BCUT2D eigenvalue weighted by molar-refractivity contribution is 5.91. The van der Waals surface area contributed by atoms with Crippen LogP contribution in [0.25, 0.3) is 11.3 Å². The molecule has 1 aliphatic rings. The van der Waals surface area contributed by atoms with Gasteiger partial charge < -0.3 is 5.32 Å². The number of fused-ring (bicyclic) bond motifs is 1. The first-order valence-electron chi connectivity index (χ1n) is 5.67. The standard InChI is InChI=1S/C13H13N3O/c1-9-2-4-10(5-3-9)11-8-12-14-13(17)6-7-16(12)15-11/h2-5,8H,6-7H2,1H3,(H,14,17). The van der Waals surface area contributed by atoms with Crippen LogP contribution in [0.2, 0.25) is 0 Å². The zero-order valence-electron chi connectivity index (χ0n) is 9.60. The molecule has 2 aromatic rings. The van der Waals surface area contributed by atoms with E-state index in [1.54, 1.807) is 0 Å². The number of aromatic nitrogens is 2. The molecular formula is C13H13N3O. The largest absolute Gasteiger partial charge is 0.311 e. The van der Waals surface area contributed by atoms with Crippen molar-refractivity contribution in [2.45, 2.75) is 19.9 Å². The van der Waals surface area contributed by atoms with Crippen LogP contribution in [0.3, 0.4) is 0 Å². The van der Waals surface area contributed by atoms with Gasteiger partial charge in [-0.15, -0.1) is 0 Å². The summed E-state index contributed by atoms with van der Waals surface area (Å²) in [6.45, 7) is 2.72. The van der Waals surface area contributed by atoms with Gasteiger partial charge in [-0.05, 0) is 6.92 Å². The molecule has 1 aromatic carbocycles. The van der Waals surface area contributed by atoms with E-state index in [1.165, 1.54) is 5.56 Å². The van der Waals surface area contributed by atoms with E-state index in [2.05, 4.69) is 29.5 Å². The van der Waals surface area contributed by atoms with Crippen LogP contribution in [0.5, 0.6) is 0 Å². The summed E-state index contributed by atoms with van der Waals surface area (Å²) in [6.07, 6.45) is 0.502. The first-order chi connectivity index (χ1) is 8.22. The summed E-state index contributed by atoms with van der Waals surface area (Å²) < 4.78 is 1.84. The van der Waals surface area contributed by atoms with Gasteiger partial charge in [0.2, 0.25) is 5.91 Å². The van der Waals surface area contributed by atoms with Crippen molar-refractivity contribution in [2.75, 3.05) is 5.32 Å². The zero-order chi connectivity index (χ0) is 11.8. The summed E-state index contributed by atoms with van der Waals surface area (Å²) in [4.78, 5) is 11.3. The predicted octanol–water partition coefficient (Wildman–Crippen LogP) is 2.20. The fraction of sp³-hybridized carbons (Fsp3) is 0.231. The smallest absolute Gasteiger partial charge is 0.227 e. The molecule has 1 amide bonds. The van der Waals surface area contributed by atoms with E-state index in [9.17, 15) is 4.79 Å². The number of aryl methyl sites for hydroxylation is 2. The van der Waals surface area contributed by atoms with Gasteiger partial charge in [0.1, 0.15) is 5.82 Å². The van der Waals surface area contributed by atoms with Gasteiger partial charge in [0.25, 0.3) is 0 Å². The van der Waals surface area contributed by atoms with E-state index < -0.39 is 0 Å². The van der Waals surface area contributed by atoms with Crippen molar-refractivity contribution < 1.29 is 4.79 Å². The number of nitrogens with one attached hydrogen (secondary N) is 1. The molecule has 1 aromatic heterocycles. The zero-order valence-corrected chi connectivity index (χ0v) is 9.60. The number of hydrogen-bond donors (Lipinski definition) is 1. The van der Waals surface area contributed by atoms with E-state index in [0.717, 1.165) is 17.1 Å². The first kappa shape index (κ1) is 10.1. The molecule has 86 valence electrons. The van der Waals surface area contributed by atoms with Crippen LogP contribution in [0.1, 0.15) is 12.0 Å². The average molecular weight is 227 g/mol. The lowest BCUT2D eigenvalue weighted by atomic mass is 10.1. The molecule has 0 unspecified atom stereocenters. The van der Waals surface area contributed by atoms with Crippen LogP contribution in [0.15, 0.2) is 30.3 Å². The number of amides is 1. The van der Waals surface area contributed by atoms with Crippen LogP contribution in [-0.2, 0) is 11.3 Å². The molecule has 0 spiro atoms. The highest BCUT2D eigenvalue weighted by atomic mass is 16.1. The number of carbonyl (C=O) groups excluding carboxylic acids is 1. The van der Waals surface area contributed by atoms with E-state index >= 15 is 0 Å². The number of nitrogens with zero attached hydrogens (tertiary/aromatic N) is 2. The third-order valence-corrected chi connectivity index (χ3v) is 2.95. The molecule has 0 saturated carbocycles. The Kier molecular flexibility index (Phi) is 2.21. The van der Waals surface area contributed by atoms with Crippen LogP contribution >= 0.6 is 0 Å². The summed E-state index contributed by atoms with van der Waals surface area (Å²) >= 11 is 0. The Bertz CT molecular complexity index is 569. The predicted molar refractivity (Wildman–Crippen MR) is 65.6 cm³/mol. The number of anilines is 1. The summed E-state index contributed by atoms with van der Waals surface area (Å²) in [7, 11) is 0. The molecule has 0 aliphatic carbocycles. The van der Waals surface area contributed by atoms with Gasteiger partial charge in [0, 0.05) is 18.1 Å². The second kappa shape index (κ2) is 3.73. The van der Waals surface area contributed by atoms with Crippen molar-refractivity contribution in [3.05, 3.63) is 35.9 Å². The minimum absolute atomic E-state index is 0.0628. The molecule has 0 saturated heterocycles. The molecule has 0 fully saturated rings. The molecule has 1 aliphatic heterocycles. The number of benzene rings is 1. The Balaban J connectivity index is 1.99. The molecule has 4 nitrogen and oxygen atoms in total. The summed E-state index contributed by atoms with van der Waals surface area (Å²) in [5.74, 6) is 0.852. The van der Waals surface area contributed by atoms with Gasteiger partial charge in [-0.3, -0.25) is 4.79 Å². The number of carbonyl (C=O) groups is 1. The third-order valence-electron chi connectivity index (χ3n) is 2.95. The maximum atomic E-state index is 11.3. The highest BCUT2D eigenvalue weighted by Gasteiger charge is 2.17. The summed E-state index contributed by atoms with van der Waals surface area (Å²) in [6, 6.07) is 10.1. The topological polar surface area (TPSA) is 46.9 Å². The molecule has 3 rings (SSSR count). The SMILES string of the molecule is Cc1ccc(-c2cc3n(n2)CCC(=O)N3)cc1. The van der Waals surface area contributed by atoms with Gasteiger partial charge in [-0.1, -0.05) is 29.8 Å². The lowest BCUT2D eigenvalue weighted by molar-refractivity contribution is -0.116. The van der Waals surface area contributed by atoms with Gasteiger partial charge in [-0.25, -0.2) is 4.68 Å². The van der Waals surface area contributed by atoms with Crippen molar-refractivity contribution in [2.24, 2.45) is 0 Å². The van der Waals surface area contributed by atoms with E-state index in [-0.39, 0.29) is 5.91 Å². The minimum Gasteiger partial charge on any atom is -0.311 e. The highest BCUT2D eigenvalue weighted by Crippen LogP contribution is 2.24. The molecule has 0 atom stereocenters. The maximum Gasteiger partial charge on any atom is 0.227 e. The molecule has 17 heavy (non-hydrogen) atoms. The van der Waals surface area contributed by atoms with E-state index in [4.69, 9.17) is 0 Å². The van der Waals surface area contributed by atoms with Crippen molar-refractivity contribution >= 4 is 11.7 Å². The van der Waals surface area contributed by atoms with Crippen LogP contribution in [-0.4, -0.2) is 15.7 Å². The van der Waals surface area contributed by atoms with Gasteiger partial charge >= 0.3 is 0 Å². The van der Waals surface area contributed by atoms with Crippen LogP contribution < -0.4 is 5.32 Å². The first-order valence-corrected chi connectivity index (χ1v) is 5.67. The lowest BCUT2D eigenvalue weighted by Crippen LogP contribution is -2.23. The molecular weight excluding hydrogens is 214 g/mol. The van der Waals surface area contributed by atoms with Gasteiger partial charge in [0.05, 0.1) is 12.2 Å². The van der Waals surface area contributed by atoms with Crippen molar-refractivity contribution in [3.8, 4) is 11.3 Å². The Morgan fingerprint density at radius 2 is 2.06 bits per heavy atom. The fourth-order valence-corrected chi connectivity index (χ4v) is 1.97. The maximum absolute atomic E-state index is 11.3. The third kappa shape index (κ3) is 1.82. The van der Waals surface area contributed by atoms with Crippen molar-refractivity contribution in [1.29, 1.82) is 0 Å². The number of rotatable bonds is 1. The van der Waals surface area contributed by atoms with Crippen LogP contribution in [0, 0.1) is 6.92 Å². The monoisotopic (exact) mass is 227 g/mol. The average Bonchev–Trinajstić information content (AvgIpc) is 2.72. The molecule has 0 bridgehead atoms. The van der Waals surface area contributed by atoms with Gasteiger partial charge in [0.15, 0.2) is 0 Å². The summed E-state index contributed by atoms with van der Waals surface area (Å²) in [5, 5.41) is 7.31. The summed E-state index contributed by atoms with van der Waals surface area (Å²) in [5.41, 5.74) is 3.21. The van der Waals surface area contributed by atoms with E-state index in [1.807, 2.05) is 22.9 Å². The van der Waals surface area contributed by atoms with Crippen LogP contribution in [0.4, 0.5) is 5.82 Å². The van der Waals surface area contributed by atoms with Crippen molar-refractivity contribution in [1.82, 2.24) is 9.78 Å². The van der Waals surface area contributed by atoms with Crippen molar-refractivity contribution in [3.63, 3.8) is 0 Å². The quantitative estimate of drug-likeness (QED) is 0.811. The van der Waals surface area contributed by atoms with E-state index in [0.29, 0.717) is 13.0 Å². The molecule has 1 N–H and O–H groups in total. The lowest BCUT2D eigenvalue weighted by Gasteiger charge is -2.13. The molecule has 2 heterocycles. The Hall–Kier alpha value is -2.10.